The summed E-state index contributed by atoms with van der Waals surface area (Å²) in [5.41, 5.74) is 4.83. The summed E-state index contributed by atoms with van der Waals surface area (Å²) in [6.45, 7) is 2.31. The van der Waals surface area contributed by atoms with Gasteiger partial charge in [0.05, 0.1) is 0 Å². The summed E-state index contributed by atoms with van der Waals surface area (Å²) >= 11 is 0. The molecule has 0 heterocycles. The zero-order valence-electron chi connectivity index (χ0n) is 20.2. The van der Waals surface area contributed by atoms with Crippen molar-refractivity contribution < 1.29 is 0 Å². The molecule has 5 aliphatic rings. The van der Waals surface area contributed by atoms with Gasteiger partial charge in [0.1, 0.15) is 0 Å². The van der Waals surface area contributed by atoms with Crippen molar-refractivity contribution in [3.05, 3.63) is 71.5 Å². The normalized spacial score (nSPS) is 35.2. The Morgan fingerprint density at radius 2 is 1.72 bits per heavy atom. The van der Waals surface area contributed by atoms with E-state index in [9.17, 15) is 0 Å². The average molecular weight is 430 g/mol. The van der Waals surface area contributed by atoms with E-state index in [1.807, 2.05) is 0 Å². The lowest BCUT2D eigenvalue weighted by molar-refractivity contribution is 0.167. The second kappa shape index (κ2) is 10.4. The van der Waals surface area contributed by atoms with Crippen molar-refractivity contribution in [3.8, 4) is 0 Å². The Bertz CT molecular complexity index is 827. The fourth-order valence-corrected chi connectivity index (χ4v) is 7.00. The van der Waals surface area contributed by atoms with E-state index in [1.54, 1.807) is 11.1 Å². The minimum atomic E-state index is 0.590. The standard InChI is InChI=1S/C31H43N/c1-24-12-20-30(21-13-24)32(29-10-6-3-7-11-29)31-22-18-28(19-23-31)27-16-14-26(15-17-27)25-8-4-2-5-9-25/h2,4,6,8,10-12,18,22,26-28,30-31H,3,5,7,9,13-17,19-21,23H2,1H3. The van der Waals surface area contributed by atoms with Crippen LogP contribution >= 0.6 is 0 Å². The van der Waals surface area contributed by atoms with Gasteiger partial charge in [0.15, 0.2) is 0 Å². The van der Waals surface area contributed by atoms with Gasteiger partial charge in [-0.15, -0.1) is 0 Å². The Balaban J connectivity index is 1.22. The van der Waals surface area contributed by atoms with Crippen LogP contribution in [-0.2, 0) is 0 Å². The van der Waals surface area contributed by atoms with Gasteiger partial charge in [0.2, 0.25) is 0 Å². The van der Waals surface area contributed by atoms with Gasteiger partial charge in [-0.25, -0.2) is 0 Å². The van der Waals surface area contributed by atoms with Gasteiger partial charge in [0, 0.05) is 17.8 Å². The number of hydrogen-bond donors (Lipinski definition) is 0. The van der Waals surface area contributed by atoms with Crippen molar-refractivity contribution in [3.63, 3.8) is 0 Å². The summed E-state index contributed by atoms with van der Waals surface area (Å²) in [6.07, 6.45) is 39.3. The summed E-state index contributed by atoms with van der Waals surface area (Å²) < 4.78 is 0. The molecule has 1 fully saturated rings. The molecule has 3 unspecified atom stereocenters. The first-order valence-corrected chi connectivity index (χ1v) is 13.6. The molecule has 0 amide bonds. The molecular weight excluding hydrogens is 386 g/mol. The van der Waals surface area contributed by atoms with Gasteiger partial charge < -0.3 is 4.90 Å². The minimum absolute atomic E-state index is 0.590. The highest BCUT2D eigenvalue weighted by Gasteiger charge is 2.33. The monoisotopic (exact) mass is 429 g/mol. The Morgan fingerprint density at radius 3 is 2.38 bits per heavy atom. The van der Waals surface area contributed by atoms with E-state index in [4.69, 9.17) is 0 Å². The molecular formula is C31H43N. The Kier molecular flexibility index (Phi) is 7.20. The molecule has 1 saturated carbocycles. The maximum atomic E-state index is 2.81. The SMILES string of the molecule is CC1=CCC(N(C2=CCCC=C2)C2C=CC(C3CCC(C4=CC=CCC4)CC3)CC2)CC1. The van der Waals surface area contributed by atoms with Crippen LogP contribution in [0.15, 0.2) is 71.5 Å². The molecule has 32 heavy (non-hydrogen) atoms. The quantitative estimate of drug-likeness (QED) is 0.396. The highest BCUT2D eigenvalue weighted by Crippen LogP contribution is 2.42. The largest absolute Gasteiger partial charge is 0.362 e. The fraction of sp³-hybridized carbons (Fsp3) is 0.613. The molecule has 1 nitrogen and oxygen atoms in total. The topological polar surface area (TPSA) is 3.24 Å². The van der Waals surface area contributed by atoms with Gasteiger partial charge in [-0.2, -0.15) is 0 Å². The van der Waals surface area contributed by atoms with Gasteiger partial charge >= 0.3 is 0 Å². The summed E-state index contributed by atoms with van der Waals surface area (Å²) in [6, 6.07) is 1.26. The van der Waals surface area contributed by atoms with Crippen LogP contribution in [0.25, 0.3) is 0 Å². The van der Waals surface area contributed by atoms with E-state index in [2.05, 4.69) is 66.5 Å². The Labute approximate surface area is 196 Å². The number of nitrogens with zero attached hydrogens (tertiary/aromatic N) is 1. The van der Waals surface area contributed by atoms with Crippen molar-refractivity contribution in [1.29, 1.82) is 0 Å². The minimum Gasteiger partial charge on any atom is -0.362 e. The molecule has 0 aromatic heterocycles. The van der Waals surface area contributed by atoms with E-state index in [0.717, 1.165) is 17.8 Å². The highest BCUT2D eigenvalue weighted by atomic mass is 15.2. The predicted octanol–water partition coefficient (Wildman–Crippen LogP) is 8.44. The Morgan fingerprint density at radius 1 is 0.812 bits per heavy atom. The third-order valence-electron chi connectivity index (χ3n) is 8.96. The summed E-state index contributed by atoms with van der Waals surface area (Å²) in [5.74, 6) is 2.61. The first-order chi connectivity index (χ1) is 15.8. The van der Waals surface area contributed by atoms with Crippen LogP contribution in [0.2, 0.25) is 0 Å². The van der Waals surface area contributed by atoms with E-state index >= 15 is 0 Å². The van der Waals surface area contributed by atoms with Crippen molar-refractivity contribution in [1.82, 2.24) is 4.90 Å². The molecule has 0 bridgehead atoms. The lowest BCUT2D eigenvalue weighted by Crippen LogP contribution is -2.43. The zero-order chi connectivity index (χ0) is 21.8. The van der Waals surface area contributed by atoms with E-state index < -0.39 is 0 Å². The molecule has 5 aliphatic carbocycles. The molecule has 0 aromatic rings. The van der Waals surface area contributed by atoms with Crippen LogP contribution in [0.4, 0.5) is 0 Å². The third kappa shape index (κ3) is 5.08. The molecule has 0 saturated heterocycles. The van der Waals surface area contributed by atoms with E-state index in [0.29, 0.717) is 12.1 Å². The zero-order valence-corrected chi connectivity index (χ0v) is 20.2. The summed E-state index contributed by atoms with van der Waals surface area (Å²) in [5, 5.41) is 0. The fourth-order valence-electron chi connectivity index (χ4n) is 7.00. The van der Waals surface area contributed by atoms with Crippen LogP contribution in [0, 0.1) is 17.8 Å². The summed E-state index contributed by atoms with van der Waals surface area (Å²) in [7, 11) is 0. The maximum absolute atomic E-state index is 2.81. The van der Waals surface area contributed by atoms with E-state index in [-0.39, 0.29) is 0 Å². The second-order valence-corrected chi connectivity index (χ2v) is 11.0. The lowest BCUT2D eigenvalue weighted by Gasteiger charge is -2.44. The van der Waals surface area contributed by atoms with E-state index in [1.165, 1.54) is 89.2 Å². The molecule has 0 aliphatic heterocycles. The number of hydrogen-bond acceptors (Lipinski definition) is 1. The molecule has 3 atom stereocenters. The molecule has 0 radical (unpaired) electrons. The van der Waals surface area contributed by atoms with Crippen LogP contribution < -0.4 is 0 Å². The maximum Gasteiger partial charge on any atom is 0.0476 e. The molecule has 5 rings (SSSR count). The van der Waals surface area contributed by atoms with Crippen LogP contribution in [0.1, 0.15) is 90.4 Å². The summed E-state index contributed by atoms with van der Waals surface area (Å²) in [4.78, 5) is 2.81. The Hall–Kier alpha value is -1.76. The third-order valence-corrected chi connectivity index (χ3v) is 8.96. The van der Waals surface area contributed by atoms with Gasteiger partial charge in [-0.3, -0.25) is 0 Å². The van der Waals surface area contributed by atoms with Crippen LogP contribution in [0.5, 0.6) is 0 Å². The second-order valence-electron chi connectivity index (χ2n) is 11.0. The lowest BCUT2D eigenvalue weighted by atomic mass is 9.70. The van der Waals surface area contributed by atoms with Gasteiger partial charge in [-0.05, 0) is 114 Å². The van der Waals surface area contributed by atoms with Gasteiger partial charge in [0.25, 0.3) is 0 Å². The number of rotatable bonds is 5. The van der Waals surface area contributed by atoms with Crippen LogP contribution in [-0.4, -0.2) is 17.0 Å². The molecule has 0 spiro atoms. The smallest absolute Gasteiger partial charge is 0.0476 e. The van der Waals surface area contributed by atoms with Crippen LogP contribution in [0.3, 0.4) is 0 Å². The molecule has 0 aromatic carbocycles. The molecule has 172 valence electrons. The number of allylic oxidation sites excluding steroid dienone is 9. The van der Waals surface area contributed by atoms with Crippen molar-refractivity contribution in [2.45, 2.75) is 102 Å². The first-order valence-electron chi connectivity index (χ1n) is 13.6. The molecule has 1 heteroatoms. The predicted molar refractivity (Wildman–Crippen MR) is 137 cm³/mol. The van der Waals surface area contributed by atoms with Crippen molar-refractivity contribution in [2.75, 3.05) is 0 Å². The van der Waals surface area contributed by atoms with Crippen molar-refractivity contribution in [2.24, 2.45) is 17.8 Å². The first kappa shape index (κ1) is 22.1. The average Bonchev–Trinajstić information content (AvgIpc) is 2.87. The van der Waals surface area contributed by atoms with Gasteiger partial charge in [-0.1, -0.05) is 59.8 Å². The van der Waals surface area contributed by atoms with Crippen molar-refractivity contribution >= 4 is 0 Å². The molecule has 0 N–H and O–H groups in total. The highest BCUT2D eigenvalue weighted by molar-refractivity contribution is 5.26.